The fraction of sp³-hybridized carbons (Fsp3) is 0.292. The maximum atomic E-state index is 13.2. The van der Waals surface area contributed by atoms with Crippen molar-refractivity contribution in [3.05, 3.63) is 79.7 Å². The second kappa shape index (κ2) is 9.17. The van der Waals surface area contributed by atoms with Crippen LogP contribution in [0.25, 0.3) is 11.1 Å². The zero-order valence-corrected chi connectivity index (χ0v) is 20.0. The van der Waals surface area contributed by atoms with E-state index in [9.17, 15) is 9.59 Å². The number of hydrogen-bond acceptors (Lipinski definition) is 7. The molecular formula is C24H24N4O3S2. The summed E-state index contributed by atoms with van der Waals surface area (Å²) in [6.45, 7) is 3.87. The Balaban J connectivity index is 1.42. The number of amides is 1. The number of aromatic nitrogens is 2. The van der Waals surface area contributed by atoms with Crippen molar-refractivity contribution in [3.8, 4) is 0 Å². The van der Waals surface area contributed by atoms with Gasteiger partial charge in [-0.05, 0) is 54.3 Å². The first-order chi connectivity index (χ1) is 16.0. The molecule has 1 amide bonds. The van der Waals surface area contributed by atoms with E-state index in [4.69, 9.17) is 4.42 Å². The van der Waals surface area contributed by atoms with Crippen LogP contribution in [0.3, 0.4) is 0 Å². The molecular weight excluding hydrogens is 456 g/mol. The Morgan fingerprint density at radius 3 is 2.94 bits per heavy atom. The number of rotatable bonds is 6. The standard InChI is InChI=1S/C24H24N4O3S2/c1-14-20(21-23(30)26-13-27-24(21)31-14)22(29)25-11-18(15-3-5-17(32-2)6-4-15)28-9-7-19-16(12-28)8-10-33-19/h3-6,8,10,13,18H,7,9,11-12H2,1-2H3,(H,25,29)(H,26,27,30). The Morgan fingerprint density at radius 1 is 1.33 bits per heavy atom. The monoisotopic (exact) mass is 480 g/mol. The highest BCUT2D eigenvalue weighted by Crippen LogP contribution is 2.31. The van der Waals surface area contributed by atoms with Gasteiger partial charge >= 0.3 is 0 Å². The molecule has 7 nitrogen and oxygen atoms in total. The molecule has 3 aromatic heterocycles. The van der Waals surface area contributed by atoms with E-state index in [2.05, 4.69) is 62.2 Å². The highest BCUT2D eigenvalue weighted by molar-refractivity contribution is 7.98. The molecule has 0 radical (unpaired) electrons. The van der Waals surface area contributed by atoms with Crippen LogP contribution in [0.5, 0.6) is 0 Å². The second-order valence-corrected chi connectivity index (χ2v) is 9.91. The lowest BCUT2D eigenvalue weighted by atomic mass is 10.0. The van der Waals surface area contributed by atoms with Gasteiger partial charge in [-0.25, -0.2) is 4.98 Å². The molecule has 5 rings (SSSR count). The summed E-state index contributed by atoms with van der Waals surface area (Å²) >= 11 is 3.52. The zero-order valence-electron chi connectivity index (χ0n) is 18.4. The van der Waals surface area contributed by atoms with Crippen LogP contribution in [0.2, 0.25) is 0 Å². The highest BCUT2D eigenvalue weighted by atomic mass is 32.2. The van der Waals surface area contributed by atoms with E-state index >= 15 is 0 Å². The van der Waals surface area contributed by atoms with E-state index in [0.29, 0.717) is 12.3 Å². The van der Waals surface area contributed by atoms with Gasteiger partial charge in [0.25, 0.3) is 11.5 Å². The number of carbonyl (C=O) groups is 1. The van der Waals surface area contributed by atoms with Crippen LogP contribution in [0, 0.1) is 6.92 Å². The number of fused-ring (bicyclic) bond motifs is 2. The highest BCUT2D eigenvalue weighted by Gasteiger charge is 2.28. The molecule has 0 aliphatic carbocycles. The zero-order chi connectivity index (χ0) is 22.9. The quantitative estimate of drug-likeness (QED) is 0.403. The summed E-state index contributed by atoms with van der Waals surface area (Å²) < 4.78 is 5.56. The molecule has 1 aromatic carbocycles. The first-order valence-corrected chi connectivity index (χ1v) is 12.8. The van der Waals surface area contributed by atoms with Crippen LogP contribution in [-0.4, -0.2) is 40.1 Å². The molecule has 170 valence electrons. The number of thiophene rings is 1. The molecule has 0 saturated heterocycles. The average Bonchev–Trinajstić information content (AvgIpc) is 3.43. The van der Waals surface area contributed by atoms with Gasteiger partial charge in [-0.1, -0.05) is 12.1 Å². The Hall–Kier alpha value is -2.88. The summed E-state index contributed by atoms with van der Waals surface area (Å²) in [5, 5.41) is 5.40. The molecule has 1 unspecified atom stereocenters. The summed E-state index contributed by atoms with van der Waals surface area (Å²) in [7, 11) is 0. The van der Waals surface area contributed by atoms with Gasteiger partial charge in [0.15, 0.2) is 0 Å². The molecule has 0 fully saturated rings. The molecule has 0 spiro atoms. The van der Waals surface area contributed by atoms with Gasteiger partial charge in [0.2, 0.25) is 5.71 Å². The van der Waals surface area contributed by atoms with Crippen molar-refractivity contribution in [3.63, 3.8) is 0 Å². The van der Waals surface area contributed by atoms with Crippen LogP contribution < -0.4 is 10.9 Å². The molecule has 4 aromatic rings. The van der Waals surface area contributed by atoms with Gasteiger partial charge in [-0.2, -0.15) is 0 Å². The van der Waals surface area contributed by atoms with Crippen molar-refractivity contribution >= 4 is 40.1 Å². The number of thioether (sulfide) groups is 1. The summed E-state index contributed by atoms with van der Waals surface area (Å²) in [4.78, 5) is 37.2. The summed E-state index contributed by atoms with van der Waals surface area (Å²) in [6.07, 6.45) is 4.34. The SMILES string of the molecule is CSc1ccc(C(CNC(=O)c2c(C)oc3nc[nH]c(=O)c23)N2CCc3sccc3C2)cc1. The molecule has 9 heteroatoms. The van der Waals surface area contributed by atoms with Gasteiger partial charge < -0.3 is 14.7 Å². The fourth-order valence-corrected chi connectivity index (χ4v) is 5.72. The summed E-state index contributed by atoms with van der Waals surface area (Å²) in [5.41, 5.74) is 2.55. The maximum Gasteiger partial charge on any atom is 0.262 e. The van der Waals surface area contributed by atoms with Crippen LogP contribution in [0.1, 0.15) is 38.2 Å². The van der Waals surface area contributed by atoms with E-state index in [1.807, 2.05) is 11.3 Å². The number of carbonyl (C=O) groups excluding carboxylic acids is 1. The lowest BCUT2D eigenvalue weighted by Crippen LogP contribution is -2.40. The third-order valence-corrected chi connectivity index (χ3v) is 7.90. The first kappa shape index (κ1) is 21.9. The number of H-pyrrole nitrogens is 1. The van der Waals surface area contributed by atoms with Crippen LogP contribution in [0.4, 0.5) is 0 Å². The van der Waals surface area contributed by atoms with Crippen LogP contribution >= 0.6 is 23.1 Å². The predicted octanol–water partition coefficient (Wildman–Crippen LogP) is 4.14. The molecule has 1 aliphatic heterocycles. The molecule has 1 atom stereocenters. The Labute approximate surface area is 199 Å². The number of nitrogens with zero attached hydrogens (tertiary/aromatic N) is 2. The van der Waals surface area contributed by atoms with Crippen molar-refractivity contribution in [2.24, 2.45) is 0 Å². The number of nitrogens with one attached hydrogen (secondary N) is 2. The lowest BCUT2D eigenvalue weighted by molar-refractivity contribution is 0.0928. The minimum atomic E-state index is -0.382. The third-order valence-electron chi connectivity index (χ3n) is 6.13. The molecule has 0 saturated carbocycles. The third kappa shape index (κ3) is 4.23. The Kier molecular flexibility index (Phi) is 6.09. The number of furan rings is 1. The van der Waals surface area contributed by atoms with E-state index in [-0.39, 0.29) is 34.2 Å². The van der Waals surface area contributed by atoms with E-state index in [1.165, 1.54) is 21.7 Å². The Morgan fingerprint density at radius 2 is 2.15 bits per heavy atom. The minimum Gasteiger partial charge on any atom is -0.442 e. The number of aromatic amines is 1. The number of benzene rings is 1. The second-order valence-electron chi connectivity index (χ2n) is 8.03. The molecule has 33 heavy (non-hydrogen) atoms. The Bertz CT molecular complexity index is 1360. The molecule has 1 aliphatic rings. The minimum absolute atomic E-state index is 0.00721. The van der Waals surface area contributed by atoms with Gasteiger partial charge in [0.1, 0.15) is 11.1 Å². The van der Waals surface area contributed by atoms with Crippen molar-refractivity contribution in [2.75, 3.05) is 19.3 Å². The number of aryl methyl sites for hydroxylation is 1. The summed E-state index contributed by atoms with van der Waals surface area (Å²) in [6, 6.07) is 10.7. The molecule has 4 heterocycles. The van der Waals surface area contributed by atoms with Crippen molar-refractivity contribution in [1.82, 2.24) is 20.2 Å². The van der Waals surface area contributed by atoms with Crippen LogP contribution in [-0.2, 0) is 13.0 Å². The lowest BCUT2D eigenvalue weighted by Gasteiger charge is -2.35. The van der Waals surface area contributed by atoms with Crippen molar-refractivity contribution in [2.45, 2.75) is 30.8 Å². The van der Waals surface area contributed by atoms with Crippen molar-refractivity contribution in [1.29, 1.82) is 0 Å². The molecule has 2 N–H and O–H groups in total. The van der Waals surface area contributed by atoms with Gasteiger partial charge in [-0.3, -0.25) is 14.5 Å². The van der Waals surface area contributed by atoms with Crippen molar-refractivity contribution < 1.29 is 9.21 Å². The van der Waals surface area contributed by atoms with Crippen LogP contribution in [0.15, 0.2) is 56.1 Å². The first-order valence-electron chi connectivity index (χ1n) is 10.7. The average molecular weight is 481 g/mol. The van der Waals surface area contributed by atoms with E-state index in [0.717, 1.165) is 25.1 Å². The number of hydrogen-bond donors (Lipinski definition) is 2. The topological polar surface area (TPSA) is 91.2 Å². The van der Waals surface area contributed by atoms with E-state index < -0.39 is 0 Å². The van der Waals surface area contributed by atoms with Gasteiger partial charge in [0, 0.05) is 29.4 Å². The van der Waals surface area contributed by atoms with Gasteiger partial charge in [0.05, 0.1) is 17.9 Å². The summed E-state index contributed by atoms with van der Waals surface area (Å²) in [5.74, 6) is 0.0529. The predicted molar refractivity (Wildman–Crippen MR) is 131 cm³/mol. The normalized spacial score (nSPS) is 14.8. The largest absolute Gasteiger partial charge is 0.442 e. The maximum absolute atomic E-state index is 13.2. The van der Waals surface area contributed by atoms with E-state index in [1.54, 1.807) is 18.7 Å². The smallest absolute Gasteiger partial charge is 0.262 e. The molecule has 0 bridgehead atoms. The van der Waals surface area contributed by atoms with Gasteiger partial charge in [-0.15, -0.1) is 23.1 Å². The fourth-order valence-electron chi connectivity index (χ4n) is 4.42.